The number of nitrogens with two attached hydrogens (primary N) is 1. The number of aromatic nitrogens is 1. The van der Waals surface area contributed by atoms with Gasteiger partial charge < -0.3 is 25.8 Å². The Hall–Kier alpha value is -1.98. The average Bonchev–Trinajstić information content (AvgIpc) is 2.96. The van der Waals surface area contributed by atoms with Crippen LogP contribution in [0.3, 0.4) is 0 Å². The van der Waals surface area contributed by atoms with E-state index >= 15 is 0 Å². The topological polar surface area (TPSA) is 130 Å². The molecule has 0 aliphatic carbocycles. The largest absolute Gasteiger partial charge is 0.488 e. The third-order valence-electron chi connectivity index (χ3n) is 3.37. The number of carbonyl (C=O) groups excluding carboxylic acids is 1. The molecule has 1 amide bonds. The van der Waals surface area contributed by atoms with Crippen LogP contribution in [0.2, 0.25) is 0 Å². The molecule has 0 atom stereocenters. The summed E-state index contributed by atoms with van der Waals surface area (Å²) in [5, 5.41) is 25.1. The maximum absolute atomic E-state index is 12.0. The van der Waals surface area contributed by atoms with E-state index in [1.165, 1.54) is 11.3 Å². The number of thiazole rings is 1. The minimum Gasteiger partial charge on any atom is -0.444 e. The molecule has 0 bridgehead atoms. The molecule has 0 saturated carbocycles. The zero-order valence-electron chi connectivity index (χ0n) is 15.7. The van der Waals surface area contributed by atoms with Crippen LogP contribution in [0.25, 0.3) is 11.3 Å². The van der Waals surface area contributed by atoms with Gasteiger partial charge in [-0.1, -0.05) is 35.6 Å². The lowest BCUT2D eigenvalue weighted by molar-refractivity contribution is 0.0636. The van der Waals surface area contributed by atoms with E-state index in [9.17, 15) is 14.8 Å². The molecule has 146 valence electrons. The van der Waals surface area contributed by atoms with Gasteiger partial charge in [0.1, 0.15) is 5.60 Å². The highest BCUT2D eigenvalue weighted by Gasteiger charge is 2.20. The van der Waals surface area contributed by atoms with Crippen LogP contribution in [-0.4, -0.2) is 46.9 Å². The van der Waals surface area contributed by atoms with Gasteiger partial charge in [-0.05, 0) is 26.2 Å². The summed E-state index contributed by atoms with van der Waals surface area (Å²) in [6.07, 6.45) is -0.580. The predicted octanol–water partition coefficient (Wildman–Crippen LogP) is 0.885. The Balaban J connectivity index is 2.29. The van der Waals surface area contributed by atoms with Gasteiger partial charge in [-0.2, -0.15) is 0 Å². The summed E-state index contributed by atoms with van der Waals surface area (Å²) < 4.78 is 5.26. The molecule has 27 heavy (non-hydrogen) atoms. The molecule has 0 aliphatic heterocycles. The van der Waals surface area contributed by atoms with Crippen molar-refractivity contribution in [3.8, 4) is 11.3 Å². The van der Waals surface area contributed by atoms with Crippen LogP contribution >= 0.6 is 11.3 Å². The highest BCUT2D eigenvalue weighted by Crippen LogP contribution is 2.31. The molecule has 0 aliphatic rings. The van der Waals surface area contributed by atoms with Gasteiger partial charge in [-0.3, -0.25) is 5.32 Å². The van der Waals surface area contributed by atoms with Crippen molar-refractivity contribution in [2.75, 3.05) is 18.4 Å². The fourth-order valence-electron chi connectivity index (χ4n) is 2.29. The molecule has 6 N–H and O–H groups in total. The SMILES string of the molecule is CC(C)(C)OC(=O)Nc1nc(-c2cccc(B(O)O)c2)c(CNCCN)s1. The Bertz CT molecular complexity index is 777. The fourth-order valence-corrected chi connectivity index (χ4v) is 3.23. The van der Waals surface area contributed by atoms with Crippen molar-refractivity contribution in [3.05, 3.63) is 29.1 Å². The summed E-state index contributed by atoms with van der Waals surface area (Å²) in [6, 6.07) is 6.82. The molecule has 2 aromatic rings. The van der Waals surface area contributed by atoms with Crippen LogP contribution in [0.4, 0.5) is 9.93 Å². The van der Waals surface area contributed by atoms with E-state index < -0.39 is 18.8 Å². The number of ether oxygens (including phenoxy) is 1. The monoisotopic (exact) mass is 392 g/mol. The van der Waals surface area contributed by atoms with Crippen molar-refractivity contribution in [2.24, 2.45) is 5.73 Å². The molecule has 10 heteroatoms. The van der Waals surface area contributed by atoms with E-state index in [-0.39, 0.29) is 0 Å². The average molecular weight is 392 g/mol. The Kier molecular flexibility index (Phi) is 7.34. The lowest BCUT2D eigenvalue weighted by Gasteiger charge is -2.18. The first-order chi connectivity index (χ1) is 12.7. The molecule has 0 fully saturated rings. The van der Waals surface area contributed by atoms with Gasteiger partial charge in [0, 0.05) is 30.1 Å². The number of amides is 1. The minimum absolute atomic E-state index is 0.364. The molecule has 2 rings (SSSR count). The van der Waals surface area contributed by atoms with Crippen molar-refractivity contribution in [3.63, 3.8) is 0 Å². The van der Waals surface area contributed by atoms with Crippen molar-refractivity contribution < 1.29 is 19.6 Å². The van der Waals surface area contributed by atoms with E-state index in [1.807, 2.05) is 6.07 Å². The first-order valence-electron chi connectivity index (χ1n) is 8.56. The smallest absolute Gasteiger partial charge is 0.444 e. The summed E-state index contributed by atoms with van der Waals surface area (Å²) in [4.78, 5) is 17.4. The zero-order chi connectivity index (χ0) is 20.0. The van der Waals surface area contributed by atoms with Crippen LogP contribution in [0.15, 0.2) is 24.3 Å². The van der Waals surface area contributed by atoms with Crippen molar-refractivity contribution in [1.82, 2.24) is 10.3 Å². The summed E-state index contributed by atoms with van der Waals surface area (Å²) in [5.74, 6) is 0. The van der Waals surface area contributed by atoms with E-state index in [4.69, 9.17) is 10.5 Å². The number of carbonyl (C=O) groups is 1. The summed E-state index contributed by atoms with van der Waals surface area (Å²) >= 11 is 1.32. The zero-order valence-corrected chi connectivity index (χ0v) is 16.5. The second-order valence-electron chi connectivity index (χ2n) is 6.88. The quantitative estimate of drug-likeness (QED) is 0.349. The van der Waals surface area contributed by atoms with Crippen LogP contribution < -0.4 is 21.8 Å². The number of benzene rings is 1. The Morgan fingerprint density at radius 3 is 2.74 bits per heavy atom. The Morgan fingerprint density at radius 2 is 2.11 bits per heavy atom. The molecule has 1 aromatic heterocycles. The highest BCUT2D eigenvalue weighted by atomic mass is 32.1. The van der Waals surface area contributed by atoms with Gasteiger partial charge in [0.2, 0.25) is 0 Å². The molecular weight excluding hydrogens is 367 g/mol. The maximum atomic E-state index is 12.0. The second-order valence-corrected chi connectivity index (χ2v) is 7.97. The molecule has 0 spiro atoms. The van der Waals surface area contributed by atoms with Crippen molar-refractivity contribution in [1.29, 1.82) is 0 Å². The van der Waals surface area contributed by atoms with Crippen molar-refractivity contribution >= 4 is 35.1 Å². The number of hydrogen-bond donors (Lipinski definition) is 5. The van der Waals surface area contributed by atoms with Crippen LogP contribution in [0.5, 0.6) is 0 Å². The Labute approximate surface area is 162 Å². The van der Waals surface area contributed by atoms with Crippen molar-refractivity contribution in [2.45, 2.75) is 32.9 Å². The van der Waals surface area contributed by atoms with Gasteiger partial charge >= 0.3 is 13.2 Å². The standard InChI is InChI=1S/C17H25BN4O4S/c1-17(2,3)26-16(23)22-15-21-14(13(27-15)10-20-8-7-19)11-5-4-6-12(9-11)18(24)25/h4-6,9,20,24-25H,7-8,10,19H2,1-3H3,(H,21,22,23). The van der Waals surface area contributed by atoms with E-state index in [0.717, 1.165) is 10.4 Å². The van der Waals surface area contributed by atoms with Gasteiger partial charge in [-0.15, -0.1) is 0 Å². The van der Waals surface area contributed by atoms with Crippen LogP contribution in [-0.2, 0) is 11.3 Å². The highest BCUT2D eigenvalue weighted by molar-refractivity contribution is 7.16. The maximum Gasteiger partial charge on any atom is 0.488 e. The number of nitrogens with zero attached hydrogens (tertiary/aromatic N) is 1. The first kappa shape index (κ1) is 21.3. The minimum atomic E-state index is -1.57. The molecule has 0 unspecified atom stereocenters. The van der Waals surface area contributed by atoms with Gasteiger partial charge in [0.25, 0.3) is 0 Å². The number of rotatable bonds is 7. The second kappa shape index (κ2) is 9.29. The number of anilines is 1. The van der Waals surface area contributed by atoms with E-state index in [2.05, 4.69) is 15.6 Å². The summed E-state index contributed by atoms with van der Waals surface area (Å²) in [7, 11) is -1.57. The van der Waals surface area contributed by atoms with Gasteiger partial charge in [0.05, 0.1) is 5.69 Å². The molecule has 0 saturated heterocycles. The third-order valence-corrected chi connectivity index (χ3v) is 4.34. The molecule has 1 heterocycles. The summed E-state index contributed by atoms with van der Waals surface area (Å²) in [6.45, 7) is 7.02. The van der Waals surface area contributed by atoms with Crippen LogP contribution in [0, 0.1) is 0 Å². The summed E-state index contributed by atoms with van der Waals surface area (Å²) in [5.41, 5.74) is 6.65. The van der Waals surface area contributed by atoms with Gasteiger partial charge in [-0.25, -0.2) is 9.78 Å². The fraction of sp³-hybridized carbons (Fsp3) is 0.412. The Morgan fingerprint density at radius 1 is 1.37 bits per heavy atom. The molecule has 0 radical (unpaired) electrons. The van der Waals surface area contributed by atoms with Crippen LogP contribution in [0.1, 0.15) is 25.6 Å². The lowest BCUT2D eigenvalue weighted by Crippen LogP contribution is -2.29. The van der Waals surface area contributed by atoms with E-state index in [0.29, 0.717) is 35.9 Å². The predicted molar refractivity (Wildman–Crippen MR) is 108 cm³/mol. The third kappa shape index (κ3) is 6.60. The molecule has 1 aromatic carbocycles. The molecule has 8 nitrogen and oxygen atoms in total. The van der Waals surface area contributed by atoms with Gasteiger partial charge in [0.15, 0.2) is 5.13 Å². The first-order valence-corrected chi connectivity index (χ1v) is 9.38. The number of nitrogens with one attached hydrogen (secondary N) is 2. The molecular formula is C17H25BN4O4S. The van der Waals surface area contributed by atoms with E-state index in [1.54, 1.807) is 39.0 Å². The normalized spacial score (nSPS) is 11.3. The lowest BCUT2D eigenvalue weighted by atomic mass is 9.79. The number of hydrogen-bond acceptors (Lipinski definition) is 8.